The zero-order chi connectivity index (χ0) is 15.4. The van der Waals surface area contributed by atoms with Crippen LogP contribution in [0, 0.1) is 11.3 Å². The highest BCUT2D eigenvalue weighted by Gasteiger charge is 2.18. The summed E-state index contributed by atoms with van der Waals surface area (Å²) in [5, 5.41) is 14.4. The van der Waals surface area contributed by atoms with Gasteiger partial charge in [0.2, 0.25) is 0 Å². The summed E-state index contributed by atoms with van der Waals surface area (Å²) in [4.78, 5) is 12.1. The van der Waals surface area contributed by atoms with E-state index in [0.29, 0.717) is 25.8 Å². The predicted molar refractivity (Wildman–Crippen MR) is 86.9 cm³/mol. The Labute approximate surface area is 139 Å². The number of hydrogen-bond donors (Lipinski definition) is 1. The van der Waals surface area contributed by atoms with E-state index < -0.39 is 6.10 Å². The molecule has 1 heterocycles. The van der Waals surface area contributed by atoms with Crippen LogP contribution in [-0.4, -0.2) is 12.0 Å². The van der Waals surface area contributed by atoms with Gasteiger partial charge in [-0.1, -0.05) is 11.6 Å². The summed E-state index contributed by atoms with van der Waals surface area (Å²) in [5.74, 6) is 0.199. The second kappa shape index (κ2) is 6.94. The summed E-state index contributed by atoms with van der Waals surface area (Å²) >= 11 is 10.5. The standard InChI is InChI=1S/C14H10BrClN2O2S/c1-8(20-12-3-2-10(16)6-11(12)15)13(19)18-14-9(7-17)4-5-21-14/h2-6,8H,1H3,(H,18,19)/t8-/m0/s1. The molecule has 0 bridgehead atoms. The first-order valence-electron chi connectivity index (χ1n) is 5.91. The Morgan fingerprint density at radius 2 is 2.29 bits per heavy atom. The summed E-state index contributed by atoms with van der Waals surface area (Å²) in [5.41, 5.74) is 0.438. The topological polar surface area (TPSA) is 62.1 Å². The van der Waals surface area contributed by atoms with Crippen molar-refractivity contribution in [3.63, 3.8) is 0 Å². The van der Waals surface area contributed by atoms with E-state index in [-0.39, 0.29) is 5.91 Å². The van der Waals surface area contributed by atoms with Gasteiger partial charge >= 0.3 is 0 Å². The molecule has 1 aromatic carbocycles. The Balaban J connectivity index is 2.05. The Bertz CT molecular complexity index is 711. The van der Waals surface area contributed by atoms with Crippen LogP contribution in [0.2, 0.25) is 5.02 Å². The van der Waals surface area contributed by atoms with Gasteiger partial charge in [0.25, 0.3) is 5.91 Å². The molecule has 4 nitrogen and oxygen atoms in total. The largest absolute Gasteiger partial charge is 0.480 e. The Hall–Kier alpha value is -1.55. The van der Waals surface area contributed by atoms with Gasteiger partial charge in [-0.25, -0.2) is 0 Å². The van der Waals surface area contributed by atoms with Crippen molar-refractivity contribution in [1.29, 1.82) is 5.26 Å². The molecule has 0 radical (unpaired) electrons. The van der Waals surface area contributed by atoms with E-state index in [1.165, 1.54) is 11.3 Å². The van der Waals surface area contributed by atoms with Gasteiger partial charge in [-0.3, -0.25) is 4.79 Å². The molecule has 21 heavy (non-hydrogen) atoms. The fourth-order valence-corrected chi connectivity index (χ4v) is 3.04. The molecule has 1 N–H and O–H groups in total. The number of nitrogens with zero attached hydrogens (tertiary/aromatic N) is 1. The van der Waals surface area contributed by atoms with E-state index in [1.807, 2.05) is 6.07 Å². The molecule has 1 amide bonds. The number of anilines is 1. The highest BCUT2D eigenvalue weighted by atomic mass is 79.9. The molecule has 0 saturated carbocycles. The molecule has 0 spiro atoms. The molecule has 108 valence electrons. The molecule has 0 saturated heterocycles. The highest BCUT2D eigenvalue weighted by molar-refractivity contribution is 9.10. The molecule has 0 aliphatic rings. The van der Waals surface area contributed by atoms with Crippen molar-refractivity contribution in [3.05, 3.63) is 44.7 Å². The second-order valence-corrected chi connectivity index (χ2v) is 6.31. The van der Waals surface area contributed by atoms with Crippen LogP contribution in [-0.2, 0) is 4.79 Å². The fourth-order valence-electron chi connectivity index (χ4n) is 1.52. The number of rotatable bonds is 4. The van der Waals surface area contributed by atoms with Crippen molar-refractivity contribution < 1.29 is 9.53 Å². The van der Waals surface area contributed by atoms with E-state index >= 15 is 0 Å². The zero-order valence-electron chi connectivity index (χ0n) is 10.9. The number of carbonyl (C=O) groups is 1. The maximum absolute atomic E-state index is 12.1. The molecule has 0 fully saturated rings. The minimum absolute atomic E-state index is 0.323. The van der Waals surface area contributed by atoms with Gasteiger partial charge < -0.3 is 10.1 Å². The van der Waals surface area contributed by atoms with Crippen LogP contribution >= 0.6 is 38.9 Å². The monoisotopic (exact) mass is 384 g/mol. The van der Waals surface area contributed by atoms with E-state index in [9.17, 15) is 4.79 Å². The van der Waals surface area contributed by atoms with Crippen LogP contribution in [0.15, 0.2) is 34.1 Å². The van der Waals surface area contributed by atoms with Crippen molar-refractivity contribution >= 4 is 49.8 Å². The second-order valence-electron chi connectivity index (χ2n) is 4.10. The van der Waals surface area contributed by atoms with Gasteiger partial charge in [-0.15, -0.1) is 11.3 Å². The van der Waals surface area contributed by atoms with E-state index in [2.05, 4.69) is 21.2 Å². The van der Waals surface area contributed by atoms with Crippen LogP contribution in [0.1, 0.15) is 12.5 Å². The third-order valence-electron chi connectivity index (χ3n) is 2.59. The average Bonchev–Trinajstić information content (AvgIpc) is 2.89. The summed E-state index contributed by atoms with van der Waals surface area (Å²) < 4.78 is 6.26. The van der Waals surface area contributed by atoms with Crippen LogP contribution in [0.4, 0.5) is 5.00 Å². The summed E-state index contributed by atoms with van der Waals surface area (Å²) in [6, 6.07) is 8.72. The maximum atomic E-state index is 12.1. The molecule has 0 aliphatic carbocycles. The number of nitrogens with one attached hydrogen (secondary N) is 1. The van der Waals surface area contributed by atoms with Gasteiger partial charge in [0.15, 0.2) is 6.10 Å². The number of ether oxygens (including phenoxy) is 1. The van der Waals surface area contributed by atoms with Crippen molar-refractivity contribution in [3.8, 4) is 11.8 Å². The molecule has 7 heteroatoms. The van der Waals surface area contributed by atoms with Crippen molar-refractivity contribution in [2.45, 2.75) is 13.0 Å². The van der Waals surface area contributed by atoms with Crippen LogP contribution < -0.4 is 10.1 Å². The van der Waals surface area contributed by atoms with E-state index in [0.717, 1.165) is 0 Å². The molecule has 1 aromatic heterocycles. The number of benzene rings is 1. The predicted octanol–water partition coefficient (Wildman–Crippen LogP) is 4.44. The lowest BCUT2D eigenvalue weighted by Crippen LogP contribution is -2.30. The molecular formula is C14H10BrClN2O2S. The number of carbonyl (C=O) groups excluding carboxylic acids is 1. The zero-order valence-corrected chi connectivity index (χ0v) is 14.1. The number of nitriles is 1. The number of halogens is 2. The smallest absolute Gasteiger partial charge is 0.265 e. The Morgan fingerprint density at radius 3 is 2.95 bits per heavy atom. The van der Waals surface area contributed by atoms with Crippen molar-refractivity contribution in [1.82, 2.24) is 0 Å². The SMILES string of the molecule is C[C@H](Oc1ccc(Cl)cc1Br)C(=O)Nc1sccc1C#N. The first kappa shape index (κ1) is 15.8. The van der Waals surface area contributed by atoms with Gasteiger partial charge in [0, 0.05) is 5.02 Å². The first-order chi connectivity index (χ1) is 10.0. The minimum atomic E-state index is -0.712. The van der Waals surface area contributed by atoms with Crippen LogP contribution in [0.25, 0.3) is 0 Å². The van der Waals surface area contributed by atoms with Gasteiger partial charge in [-0.2, -0.15) is 5.26 Å². The third kappa shape index (κ3) is 3.97. The average molecular weight is 386 g/mol. The van der Waals surface area contributed by atoms with Crippen LogP contribution in [0.5, 0.6) is 5.75 Å². The first-order valence-corrected chi connectivity index (χ1v) is 7.96. The fraction of sp³-hybridized carbons (Fsp3) is 0.143. The summed E-state index contributed by atoms with van der Waals surface area (Å²) in [6.07, 6.45) is -0.712. The van der Waals surface area contributed by atoms with Gasteiger partial charge in [0.1, 0.15) is 16.8 Å². The van der Waals surface area contributed by atoms with E-state index in [4.69, 9.17) is 21.6 Å². The summed E-state index contributed by atoms with van der Waals surface area (Å²) in [7, 11) is 0. The molecule has 2 aromatic rings. The van der Waals surface area contributed by atoms with E-state index in [1.54, 1.807) is 36.6 Å². The molecule has 1 atom stereocenters. The quantitative estimate of drug-likeness (QED) is 0.846. The Morgan fingerprint density at radius 1 is 1.52 bits per heavy atom. The lowest BCUT2D eigenvalue weighted by molar-refractivity contribution is -0.122. The summed E-state index contributed by atoms with van der Waals surface area (Å²) in [6.45, 7) is 1.63. The third-order valence-corrected chi connectivity index (χ3v) is 4.27. The molecule has 2 rings (SSSR count). The van der Waals surface area contributed by atoms with Crippen LogP contribution in [0.3, 0.4) is 0 Å². The van der Waals surface area contributed by atoms with Gasteiger partial charge in [0.05, 0.1) is 10.0 Å². The number of thiophene rings is 1. The molecule has 0 aliphatic heterocycles. The normalized spacial score (nSPS) is 11.5. The molecule has 0 unspecified atom stereocenters. The maximum Gasteiger partial charge on any atom is 0.265 e. The molecular weight excluding hydrogens is 376 g/mol. The highest BCUT2D eigenvalue weighted by Crippen LogP contribution is 2.29. The lowest BCUT2D eigenvalue weighted by atomic mass is 10.3. The number of hydrogen-bond acceptors (Lipinski definition) is 4. The van der Waals surface area contributed by atoms with Gasteiger partial charge in [-0.05, 0) is 52.5 Å². The van der Waals surface area contributed by atoms with Crippen molar-refractivity contribution in [2.75, 3.05) is 5.32 Å². The van der Waals surface area contributed by atoms with Crippen molar-refractivity contribution in [2.24, 2.45) is 0 Å². The number of amides is 1. The Kier molecular flexibility index (Phi) is 5.23. The lowest BCUT2D eigenvalue weighted by Gasteiger charge is -2.15. The minimum Gasteiger partial charge on any atom is -0.480 e.